The lowest BCUT2D eigenvalue weighted by molar-refractivity contribution is 0.0797. The number of hydrogen-bond donors (Lipinski definition) is 1. The Balaban J connectivity index is 2.00. The highest BCUT2D eigenvalue weighted by Crippen LogP contribution is 2.18. The molecule has 0 aliphatic rings. The van der Waals surface area contributed by atoms with E-state index in [0.29, 0.717) is 12.1 Å². The summed E-state index contributed by atoms with van der Waals surface area (Å²) < 4.78 is 0. The summed E-state index contributed by atoms with van der Waals surface area (Å²) >= 11 is 1.71. The van der Waals surface area contributed by atoms with E-state index in [2.05, 4.69) is 6.07 Å². The van der Waals surface area contributed by atoms with E-state index in [1.165, 1.54) is 4.88 Å². The van der Waals surface area contributed by atoms with Crippen molar-refractivity contribution in [2.45, 2.75) is 13.3 Å². The number of carbonyl (C=O) groups is 1. The van der Waals surface area contributed by atoms with E-state index in [4.69, 9.17) is 0 Å². The molecule has 1 N–H and O–H groups in total. The number of thiophene rings is 1. The zero-order chi connectivity index (χ0) is 13.8. The average molecular weight is 275 g/mol. The molecule has 1 heterocycles. The summed E-state index contributed by atoms with van der Waals surface area (Å²) in [5.74, 6) is 0.206. The molecule has 1 amide bonds. The third-order valence-electron chi connectivity index (χ3n) is 3.06. The molecule has 0 spiro atoms. The molecule has 2 aromatic rings. The second kappa shape index (κ2) is 5.89. The number of aryl methyl sites for hydroxylation is 1. The third kappa shape index (κ3) is 3.35. The Morgan fingerprint density at radius 3 is 2.79 bits per heavy atom. The van der Waals surface area contributed by atoms with Crippen molar-refractivity contribution in [1.82, 2.24) is 4.90 Å². The first-order valence-electron chi connectivity index (χ1n) is 6.15. The summed E-state index contributed by atoms with van der Waals surface area (Å²) in [4.78, 5) is 15.2. The maximum absolute atomic E-state index is 12.2. The molecule has 0 aliphatic heterocycles. The normalized spacial score (nSPS) is 10.4. The number of nitrogens with zero attached hydrogens (tertiary/aromatic N) is 1. The van der Waals surface area contributed by atoms with Gasteiger partial charge in [0.05, 0.1) is 0 Å². The average Bonchev–Trinajstić information content (AvgIpc) is 2.91. The number of amides is 1. The molecular formula is C15H17NO2S. The summed E-state index contributed by atoms with van der Waals surface area (Å²) in [6, 6.07) is 9.04. The van der Waals surface area contributed by atoms with Crippen LogP contribution >= 0.6 is 11.3 Å². The molecule has 0 saturated carbocycles. The largest absolute Gasteiger partial charge is 0.508 e. The van der Waals surface area contributed by atoms with Crippen molar-refractivity contribution >= 4 is 17.2 Å². The van der Waals surface area contributed by atoms with Crippen molar-refractivity contribution in [3.63, 3.8) is 0 Å². The molecule has 0 radical (unpaired) electrons. The third-order valence-corrected chi connectivity index (χ3v) is 4.00. The van der Waals surface area contributed by atoms with Gasteiger partial charge in [-0.25, -0.2) is 0 Å². The highest BCUT2D eigenvalue weighted by atomic mass is 32.1. The van der Waals surface area contributed by atoms with Gasteiger partial charge in [-0.2, -0.15) is 0 Å². The van der Waals surface area contributed by atoms with Gasteiger partial charge in [-0.05, 0) is 48.6 Å². The molecular weight excluding hydrogens is 258 g/mol. The van der Waals surface area contributed by atoms with Crippen LogP contribution in [0.3, 0.4) is 0 Å². The first-order chi connectivity index (χ1) is 9.08. The fourth-order valence-electron chi connectivity index (χ4n) is 1.84. The molecule has 0 unspecified atom stereocenters. The Morgan fingerprint density at radius 1 is 1.37 bits per heavy atom. The van der Waals surface area contributed by atoms with Gasteiger partial charge in [-0.15, -0.1) is 11.3 Å². The molecule has 1 aromatic carbocycles. The van der Waals surface area contributed by atoms with Crippen LogP contribution in [-0.2, 0) is 6.42 Å². The number of rotatable bonds is 4. The van der Waals surface area contributed by atoms with Crippen LogP contribution in [0.2, 0.25) is 0 Å². The first-order valence-corrected chi connectivity index (χ1v) is 7.03. The second-order valence-electron chi connectivity index (χ2n) is 4.56. The van der Waals surface area contributed by atoms with Crippen LogP contribution < -0.4 is 0 Å². The summed E-state index contributed by atoms with van der Waals surface area (Å²) in [6.45, 7) is 2.48. The molecule has 100 valence electrons. The molecule has 4 heteroatoms. The lowest BCUT2D eigenvalue weighted by Gasteiger charge is -2.17. The smallest absolute Gasteiger partial charge is 0.253 e. The first kappa shape index (κ1) is 13.6. The molecule has 0 saturated heterocycles. The van der Waals surface area contributed by atoms with Gasteiger partial charge < -0.3 is 10.0 Å². The number of likely N-dealkylation sites (N-methyl/N-ethyl adjacent to an activating group) is 1. The molecule has 1 aromatic heterocycles. The van der Waals surface area contributed by atoms with Crippen molar-refractivity contribution in [3.8, 4) is 5.75 Å². The van der Waals surface area contributed by atoms with Crippen molar-refractivity contribution in [2.24, 2.45) is 0 Å². The number of aromatic hydroxyl groups is 1. The van der Waals surface area contributed by atoms with Gasteiger partial charge in [0.15, 0.2) is 0 Å². The monoisotopic (exact) mass is 275 g/mol. The van der Waals surface area contributed by atoms with Crippen LogP contribution in [0, 0.1) is 6.92 Å². The topological polar surface area (TPSA) is 40.5 Å². The predicted molar refractivity (Wildman–Crippen MR) is 77.8 cm³/mol. The summed E-state index contributed by atoms with van der Waals surface area (Å²) in [6.07, 6.45) is 0.872. The standard InChI is InChI=1S/C15H17NO2S/c1-11-10-12(5-6-14(11)17)15(18)16(2)8-7-13-4-3-9-19-13/h3-6,9-10,17H,7-8H2,1-2H3. The summed E-state index contributed by atoms with van der Waals surface area (Å²) in [7, 11) is 1.80. The Kier molecular flexibility index (Phi) is 4.22. The number of benzene rings is 1. The highest BCUT2D eigenvalue weighted by Gasteiger charge is 2.12. The zero-order valence-electron chi connectivity index (χ0n) is 11.1. The minimum atomic E-state index is -0.0142. The number of carbonyl (C=O) groups excluding carboxylic acids is 1. The molecule has 19 heavy (non-hydrogen) atoms. The Labute approximate surface area is 117 Å². The maximum atomic E-state index is 12.2. The fourth-order valence-corrected chi connectivity index (χ4v) is 2.54. The van der Waals surface area contributed by atoms with Crippen molar-refractivity contribution < 1.29 is 9.90 Å². The van der Waals surface area contributed by atoms with E-state index < -0.39 is 0 Å². The number of phenolic OH excluding ortho intramolecular Hbond substituents is 1. The van der Waals surface area contributed by atoms with E-state index in [0.717, 1.165) is 12.0 Å². The Morgan fingerprint density at radius 2 is 2.16 bits per heavy atom. The van der Waals surface area contributed by atoms with Crippen LogP contribution in [0.25, 0.3) is 0 Å². The van der Waals surface area contributed by atoms with Gasteiger partial charge in [-0.1, -0.05) is 6.07 Å². The van der Waals surface area contributed by atoms with Gasteiger partial charge in [0.1, 0.15) is 5.75 Å². The van der Waals surface area contributed by atoms with Gasteiger partial charge in [-0.3, -0.25) is 4.79 Å². The van der Waals surface area contributed by atoms with Crippen LogP contribution in [0.15, 0.2) is 35.7 Å². The fraction of sp³-hybridized carbons (Fsp3) is 0.267. The predicted octanol–water partition coefficient (Wildman–Crippen LogP) is 3.08. The molecule has 2 rings (SSSR count). The molecule has 3 nitrogen and oxygen atoms in total. The van der Waals surface area contributed by atoms with E-state index in [-0.39, 0.29) is 11.7 Å². The van der Waals surface area contributed by atoms with Gasteiger partial charge >= 0.3 is 0 Å². The SMILES string of the molecule is Cc1cc(C(=O)N(C)CCc2cccs2)ccc1O. The van der Waals surface area contributed by atoms with Crippen molar-refractivity contribution in [1.29, 1.82) is 0 Å². The molecule has 0 bridgehead atoms. The van der Waals surface area contributed by atoms with Crippen LogP contribution in [0.4, 0.5) is 0 Å². The Hall–Kier alpha value is -1.81. The summed E-state index contributed by atoms with van der Waals surface area (Å²) in [5.41, 5.74) is 1.33. The highest BCUT2D eigenvalue weighted by molar-refractivity contribution is 7.09. The van der Waals surface area contributed by atoms with E-state index in [9.17, 15) is 9.90 Å². The second-order valence-corrected chi connectivity index (χ2v) is 5.59. The quantitative estimate of drug-likeness (QED) is 0.931. The van der Waals surface area contributed by atoms with Crippen molar-refractivity contribution in [2.75, 3.05) is 13.6 Å². The Bertz CT molecular complexity index is 564. The van der Waals surface area contributed by atoms with Crippen LogP contribution in [-0.4, -0.2) is 29.5 Å². The van der Waals surface area contributed by atoms with E-state index >= 15 is 0 Å². The molecule has 0 aliphatic carbocycles. The van der Waals surface area contributed by atoms with Crippen LogP contribution in [0.1, 0.15) is 20.8 Å². The van der Waals surface area contributed by atoms with Gasteiger partial charge in [0, 0.05) is 24.0 Å². The van der Waals surface area contributed by atoms with Crippen LogP contribution in [0.5, 0.6) is 5.75 Å². The molecule has 0 atom stereocenters. The maximum Gasteiger partial charge on any atom is 0.253 e. The lowest BCUT2D eigenvalue weighted by atomic mass is 10.1. The summed E-state index contributed by atoms with van der Waals surface area (Å²) in [5, 5.41) is 11.5. The lowest BCUT2D eigenvalue weighted by Crippen LogP contribution is -2.28. The minimum absolute atomic E-state index is 0.0142. The van der Waals surface area contributed by atoms with E-state index in [1.54, 1.807) is 48.4 Å². The molecule has 0 fully saturated rings. The zero-order valence-corrected chi connectivity index (χ0v) is 11.9. The van der Waals surface area contributed by atoms with Gasteiger partial charge in [0.25, 0.3) is 5.91 Å². The number of hydrogen-bond acceptors (Lipinski definition) is 3. The number of phenols is 1. The minimum Gasteiger partial charge on any atom is -0.508 e. The van der Waals surface area contributed by atoms with Crippen molar-refractivity contribution in [3.05, 3.63) is 51.7 Å². The van der Waals surface area contributed by atoms with E-state index in [1.807, 2.05) is 11.4 Å². The van der Waals surface area contributed by atoms with Gasteiger partial charge in [0.2, 0.25) is 0 Å².